The summed E-state index contributed by atoms with van der Waals surface area (Å²) >= 11 is 1.47. The zero-order valence-corrected chi connectivity index (χ0v) is 17.9. The molecule has 0 fully saturated rings. The maximum atomic E-state index is 12.6. The molecule has 4 aromatic rings. The monoisotopic (exact) mass is 422 g/mol. The van der Waals surface area contributed by atoms with Gasteiger partial charge in [-0.1, -0.05) is 0 Å². The molecule has 0 amide bonds. The van der Waals surface area contributed by atoms with Gasteiger partial charge in [0.2, 0.25) is 0 Å². The highest BCUT2D eigenvalue weighted by Crippen LogP contribution is 2.31. The molecule has 1 aliphatic rings. The molecule has 0 unspecified atom stereocenters. The Morgan fingerprint density at radius 1 is 1.30 bits per heavy atom. The molecule has 0 aliphatic heterocycles. The number of H-pyrrole nitrogens is 1. The van der Waals surface area contributed by atoms with E-state index in [1.807, 2.05) is 13.8 Å². The first-order chi connectivity index (χ1) is 14.4. The largest absolute Gasteiger partial charge is 0.464 e. The van der Waals surface area contributed by atoms with Crippen molar-refractivity contribution >= 4 is 38.5 Å². The van der Waals surface area contributed by atoms with Crippen LogP contribution in [0.5, 0.6) is 0 Å². The van der Waals surface area contributed by atoms with Crippen molar-refractivity contribution in [1.82, 2.24) is 9.97 Å². The van der Waals surface area contributed by atoms with Crippen LogP contribution in [0.25, 0.3) is 21.2 Å². The third kappa shape index (κ3) is 3.13. The average Bonchev–Trinajstić information content (AvgIpc) is 3.38. The minimum Gasteiger partial charge on any atom is -0.464 e. The van der Waals surface area contributed by atoms with Gasteiger partial charge in [0.05, 0.1) is 18.1 Å². The van der Waals surface area contributed by atoms with Gasteiger partial charge in [-0.15, -0.1) is 11.3 Å². The van der Waals surface area contributed by atoms with Crippen LogP contribution in [0, 0.1) is 13.8 Å². The average molecular weight is 423 g/mol. The second-order valence-electron chi connectivity index (χ2n) is 7.96. The maximum absolute atomic E-state index is 12.6. The van der Waals surface area contributed by atoms with Gasteiger partial charge >= 0.3 is 5.97 Å². The molecular weight excluding hydrogens is 400 g/mol. The van der Waals surface area contributed by atoms with E-state index in [-0.39, 0.29) is 17.9 Å². The van der Waals surface area contributed by atoms with E-state index < -0.39 is 6.10 Å². The molecule has 1 aromatic carbocycles. The van der Waals surface area contributed by atoms with Crippen LogP contribution < -0.4 is 5.56 Å². The molecule has 0 saturated heterocycles. The van der Waals surface area contributed by atoms with Crippen molar-refractivity contribution in [3.8, 4) is 0 Å². The van der Waals surface area contributed by atoms with Gasteiger partial charge in [0, 0.05) is 15.8 Å². The molecule has 30 heavy (non-hydrogen) atoms. The van der Waals surface area contributed by atoms with Crippen molar-refractivity contribution in [1.29, 1.82) is 0 Å². The highest BCUT2D eigenvalue weighted by Gasteiger charge is 2.21. The van der Waals surface area contributed by atoms with Gasteiger partial charge < -0.3 is 14.1 Å². The smallest absolute Gasteiger partial charge is 0.311 e. The topological polar surface area (TPSA) is 85.2 Å². The van der Waals surface area contributed by atoms with Gasteiger partial charge in [-0.2, -0.15) is 0 Å². The zero-order valence-electron chi connectivity index (χ0n) is 17.1. The molecule has 0 spiro atoms. The molecule has 0 radical (unpaired) electrons. The summed E-state index contributed by atoms with van der Waals surface area (Å²) in [5.41, 5.74) is 5.05. The van der Waals surface area contributed by atoms with Gasteiger partial charge in [-0.05, 0) is 68.9 Å². The Hall–Kier alpha value is -2.93. The van der Waals surface area contributed by atoms with Crippen LogP contribution in [0.4, 0.5) is 0 Å². The normalized spacial score (nSPS) is 14.4. The number of fused-ring (bicyclic) bond motifs is 3. The predicted molar refractivity (Wildman–Crippen MR) is 116 cm³/mol. The molecule has 0 bridgehead atoms. The molecule has 0 saturated carbocycles. The molecule has 5 rings (SSSR count). The van der Waals surface area contributed by atoms with E-state index >= 15 is 0 Å². The van der Waals surface area contributed by atoms with E-state index in [2.05, 4.69) is 22.1 Å². The Labute approximate surface area is 176 Å². The van der Waals surface area contributed by atoms with E-state index in [1.165, 1.54) is 22.5 Å². The highest BCUT2D eigenvalue weighted by molar-refractivity contribution is 7.18. The molecular formula is C23H22N2O4S. The summed E-state index contributed by atoms with van der Waals surface area (Å²) in [5.74, 6) is -0.0241. The van der Waals surface area contributed by atoms with E-state index in [0.29, 0.717) is 16.0 Å². The first-order valence-corrected chi connectivity index (χ1v) is 10.9. The number of aromatic amines is 1. The lowest BCUT2D eigenvalue weighted by molar-refractivity contribution is -0.148. The molecule has 3 aromatic heterocycles. The number of benzene rings is 1. The summed E-state index contributed by atoms with van der Waals surface area (Å²) in [6, 6.07) is 4.23. The number of hydrogen-bond acceptors (Lipinski definition) is 6. The number of thiophene rings is 1. The Kier molecular flexibility index (Phi) is 4.50. The van der Waals surface area contributed by atoms with Crippen molar-refractivity contribution < 1.29 is 13.9 Å². The number of ether oxygens (including phenoxy) is 1. The van der Waals surface area contributed by atoms with Crippen molar-refractivity contribution in [3.05, 3.63) is 61.7 Å². The minimum absolute atomic E-state index is 0.111. The Bertz CT molecular complexity index is 1360. The van der Waals surface area contributed by atoms with E-state index in [1.54, 1.807) is 13.2 Å². The number of esters is 1. The summed E-state index contributed by atoms with van der Waals surface area (Å²) in [6.07, 6.45) is 4.41. The number of nitrogens with one attached hydrogen (secondary N) is 1. The molecule has 3 heterocycles. The summed E-state index contributed by atoms with van der Waals surface area (Å²) in [4.78, 5) is 34.1. The summed E-state index contributed by atoms with van der Waals surface area (Å²) < 4.78 is 11.3. The molecule has 6 nitrogen and oxygen atoms in total. The van der Waals surface area contributed by atoms with Crippen LogP contribution in [0.3, 0.4) is 0 Å². The van der Waals surface area contributed by atoms with Crippen molar-refractivity contribution in [2.45, 2.75) is 52.6 Å². The fourth-order valence-electron chi connectivity index (χ4n) is 4.20. The lowest BCUT2D eigenvalue weighted by Gasteiger charge is -2.12. The third-order valence-corrected chi connectivity index (χ3v) is 7.05. The lowest BCUT2D eigenvalue weighted by atomic mass is 10.0. The number of furan rings is 1. The van der Waals surface area contributed by atoms with Crippen LogP contribution in [0.2, 0.25) is 0 Å². The molecule has 1 N–H and O–H groups in total. The van der Waals surface area contributed by atoms with Crippen molar-refractivity contribution in [3.63, 3.8) is 0 Å². The molecule has 154 valence electrons. The number of aromatic nitrogens is 2. The quantitative estimate of drug-likeness (QED) is 0.483. The van der Waals surface area contributed by atoms with Gasteiger partial charge in [0.15, 0.2) is 11.9 Å². The SMILES string of the molecule is Cc1sc2nc([C@H](C)OC(=O)Cc3coc4cc5c(cc34)CCC5)[nH]c(=O)c2c1C. The standard InChI is InChI=1S/C23H22N2O4S/c1-11-13(3)30-23-20(11)22(27)24-21(25-23)12(2)29-19(26)9-16-10-28-18-8-15-6-4-5-14(15)7-17(16)18/h7-8,10,12H,4-6,9H2,1-3H3,(H,24,25,27)/t12-/m0/s1. The van der Waals surface area contributed by atoms with Gasteiger partial charge in [0.1, 0.15) is 10.4 Å². The zero-order chi connectivity index (χ0) is 21.0. The van der Waals surface area contributed by atoms with Gasteiger partial charge in [0.25, 0.3) is 5.56 Å². The van der Waals surface area contributed by atoms with E-state index in [4.69, 9.17) is 9.15 Å². The summed E-state index contributed by atoms with van der Waals surface area (Å²) in [6.45, 7) is 5.60. The Morgan fingerprint density at radius 2 is 2.07 bits per heavy atom. The summed E-state index contributed by atoms with van der Waals surface area (Å²) in [7, 11) is 0. The second kappa shape index (κ2) is 7.09. The number of carbonyl (C=O) groups is 1. The van der Waals surface area contributed by atoms with Crippen molar-refractivity contribution in [2.24, 2.45) is 0 Å². The third-order valence-electron chi connectivity index (χ3n) is 5.95. The lowest BCUT2D eigenvalue weighted by Crippen LogP contribution is -2.18. The van der Waals surface area contributed by atoms with E-state index in [9.17, 15) is 9.59 Å². The van der Waals surface area contributed by atoms with Gasteiger partial charge in [-0.25, -0.2) is 4.98 Å². The predicted octanol–water partition coefficient (Wildman–Crippen LogP) is 4.68. The van der Waals surface area contributed by atoms with Crippen LogP contribution >= 0.6 is 11.3 Å². The number of rotatable bonds is 4. The first-order valence-electron chi connectivity index (χ1n) is 10.1. The minimum atomic E-state index is -0.653. The van der Waals surface area contributed by atoms with Crippen LogP contribution in [0.15, 0.2) is 27.6 Å². The van der Waals surface area contributed by atoms with E-state index in [0.717, 1.165) is 46.2 Å². The Morgan fingerprint density at radius 3 is 2.87 bits per heavy atom. The summed E-state index contributed by atoms with van der Waals surface area (Å²) in [5, 5.41) is 1.58. The highest BCUT2D eigenvalue weighted by atomic mass is 32.1. The first kappa shape index (κ1) is 19.1. The van der Waals surface area contributed by atoms with Crippen LogP contribution in [-0.4, -0.2) is 15.9 Å². The van der Waals surface area contributed by atoms with Crippen molar-refractivity contribution in [2.75, 3.05) is 0 Å². The second-order valence-corrected chi connectivity index (χ2v) is 9.16. The Balaban J connectivity index is 1.36. The molecule has 1 atom stereocenters. The maximum Gasteiger partial charge on any atom is 0.311 e. The number of carbonyl (C=O) groups excluding carboxylic acids is 1. The van der Waals surface area contributed by atoms with Gasteiger partial charge in [-0.3, -0.25) is 9.59 Å². The fraction of sp³-hybridized carbons (Fsp3) is 0.348. The number of hydrogen-bond donors (Lipinski definition) is 1. The number of aryl methyl sites for hydroxylation is 4. The fourth-order valence-corrected chi connectivity index (χ4v) is 5.24. The number of nitrogens with zero attached hydrogens (tertiary/aromatic N) is 1. The molecule has 1 aliphatic carbocycles. The van der Waals surface area contributed by atoms with Crippen LogP contribution in [-0.2, 0) is 28.8 Å². The van der Waals surface area contributed by atoms with Crippen LogP contribution in [0.1, 0.15) is 52.4 Å². The molecule has 7 heteroatoms.